The Morgan fingerprint density at radius 3 is 2.38 bits per heavy atom. The molecule has 1 unspecified atom stereocenters. The lowest BCUT2D eigenvalue weighted by atomic mass is 10.1. The van der Waals surface area contributed by atoms with Gasteiger partial charge in [0.15, 0.2) is 17.4 Å². The van der Waals surface area contributed by atoms with Crippen molar-refractivity contribution in [1.29, 1.82) is 0 Å². The fourth-order valence-electron chi connectivity index (χ4n) is 1.87. The summed E-state index contributed by atoms with van der Waals surface area (Å²) in [5.41, 5.74) is 6.08. The van der Waals surface area contributed by atoms with E-state index in [1.807, 2.05) is 0 Å². The van der Waals surface area contributed by atoms with E-state index in [4.69, 9.17) is 33.7 Å². The summed E-state index contributed by atoms with van der Waals surface area (Å²) in [7, 11) is 0. The third-order valence-corrected chi connectivity index (χ3v) is 3.55. The van der Waals surface area contributed by atoms with E-state index in [1.54, 1.807) is 19.1 Å². The van der Waals surface area contributed by atoms with Gasteiger partial charge in [-0.2, -0.15) is 0 Å². The summed E-state index contributed by atoms with van der Waals surface area (Å²) in [6.45, 7) is 1.76. The van der Waals surface area contributed by atoms with Crippen LogP contribution in [0.25, 0.3) is 0 Å². The molecule has 21 heavy (non-hydrogen) atoms. The third kappa shape index (κ3) is 3.84. The van der Waals surface area contributed by atoms with Crippen LogP contribution in [-0.2, 0) is 6.42 Å². The zero-order valence-electron chi connectivity index (χ0n) is 11.2. The fraction of sp³-hybridized carbons (Fsp3) is 0.200. The maximum atomic E-state index is 14.0. The normalized spacial score (nSPS) is 12.3. The fourth-order valence-corrected chi connectivity index (χ4v) is 2.20. The van der Waals surface area contributed by atoms with Gasteiger partial charge in [0, 0.05) is 6.04 Å². The summed E-state index contributed by atoms with van der Waals surface area (Å²) in [5.74, 6) is -2.07. The maximum absolute atomic E-state index is 14.0. The summed E-state index contributed by atoms with van der Waals surface area (Å²) in [4.78, 5) is 0. The van der Waals surface area contributed by atoms with E-state index in [-0.39, 0.29) is 21.8 Å². The molecule has 2 aromatic carbocycles. The average molecular weight is 332 g/mol. The van der Waals surface area contributed by atoms with Crippen molar-refractivity contribution in [2.24, 2.45) is 5.73 Å². The number of rotatable bonds is 4. The molecule has 0 bridgehead atoms. The number of ether oxygens (including phenoxy) is 1. The minimum absolute atomic E-state index is 0.0851. The second kappa shape index (κ2) is 6.60. The van der Waals surface area contributed by atoms with Crippen molar-refractivity contribution in [2.75, 3.05) is 0 Å². The van der Waals surface area contributed by atoms with Crippen LogP contribution in [-0.4, -0.2) is 6.04 Å². The van der Waals surface area contributed by atoms with Gasteiger partial charge in [-0.3, -0.25) is 0 Å². The monoisotopic (exact) mass is 331 g/mol. The number of nitrogens with two attached hydrogens (primary N) is 1. The van der Waals surface area contributed by atoms with Crippen LogP contribution in [0, 0.1) is 11.6 Å². The molecule has 0 aliphatic heterocycles. The van der Waals surface area contributed by atoms with E-state index >= 15 is 0 Å². The molecule has 0 saturated heterocycles. The zero-order valence-corrected chi connectivity index (χ0v) is 12.7. The van der Waals surface area contributed by atoms with Crippen LogP contribution in [0.15, 0.2) is 30.3 Å². The van der Waals surface area contributed by atoms with E-state index < -0.39 is 17.4 Å². The third-order valence-electron chi connectivity index (χ3n) is 2.74. The van der Waals surface area contributed by atoms with Crippen molar-refractivity contribution in [1.82, 2.24) is 0 Å². The predicted molar refractivity (Wildman–Crippen MR) is 80.2 cm³/mol. The Kier molecular flexibility index (Phi) is 5.04. The second-order valence-corrected chi connectivity index (χ2v) is 5.51. The molecule has 1 atom stereocenters. The summed E-state index contributed by atoms with van der Waals surface area (Å²) in [6, 6.07) is 6.79. The van der Waals surface area contributed by atoms with Gasteiger partial charge in [0.2, 0.25) is 0 Å². The molecule has 0 spiro atoms. The van der Waals surface area contributed by atoms with Crippen LogP contribution in [0.2, 0.25) is 10.0 Å². The van der Waals surface area contributed by atoms with Crippen molar-refractivity contribution in [2.45, 2.75) is 19.4 Å². The summed E-state index contributed by atoms with van der Waals surface area (Å²) in [5, 5.41) is 0.334. The molecule has 0 aliphatic carbocycles. The number of halogens is 4. The van der Waals surface area contributed by atoms with Crippen molar-refractivity contribution < 1.29 is 13.5 Å². The first-order valence-electron chi connectivity index (χ1n) is 6.24. The van der Waals surface area contributed by atoms with Gasteiger partial charge in [-0.15, -0.1) is 0 Å². The van der Waals surface area contributed by atoms with Crippen molar-refractivity contribution in [3.05, 3.63) is 57.6 Å². The molecular weight excluding hydrogens is 319 g/mol. The van der Waals surface area contributed by atoms with Crippen LogP contribution >= 0.6 is 23.2 Å². The highest BCUT2D eigenvalue weighted by molar-refractivity contribution is 6.42. The number of benzene rings is 2. The highest BCUT2D eigenvalue weighted by Crippen LogP contribution is 2.36. The van der Waals surface area contributed by atoms with Gasteiger partial charge in [-0.05, 0) is 43.2 Å². The van der Waals surface area contributed by atoms with E-state index in [0.717, 1.165) is 0 Å². The molecule has 0 saturated carbocycles. The number of hydrogen-bond acceptors (Lipinski definition) is 2. The average Bonchev–Trinajstić information content (AvgIpc) is 2.38. The zero-order chi connectivity index (χ0) is 15.6. The predicted octanol–water partition coefficient (Wildman–Crippen LogP) is 4.95. The summed E-state index contributed by atoms with van der Waals surface area (Å²) in [6.07, 6.45) is 0.367. The lowest BCUT2D eigenvalue weighted by Crippen LogP contribution is -2.18. The summed E-state index contributed by atoms with van der Waals surface area (Å²) < 4.78 is 33.2. The molecule has 0 aromatic heterocycles. The van der Waals surface area contributed by atoms with Crippen LogP contribution in [0.1, 0.15) is 12.5 Å². The van der Waals surface area contributed by atoms with E-state index in [2.05, 4.69) is 0 Å². The van der Waals surface area contributed by atoms with Gasteiger partial charge >= 0.3 is 0 Å². The maximum Gasteiger partial charge on any atom is 0.198 e. The Morgan fingerprint density at radius 1 is 1.19 bits per heavy atom. The van der Waals surface area contributed by atoms with Crippen molar-refractivity contribution in [3.63, 3.8) is 0 Å². The molecule has 6 heteroatoms. The first-order chi connectivity index (χ1) is 9.88. The Labute approximate surface area is 131 Å². The lowest BCUT2D eigenvalue weighted by Gasteiger charge is -2.12. The first-order valence-corrected chi connectivity index (χ1v) is 6.99. The Morgan fingerprint density at radius 2 is 1.81 bits per heavy atom. The van der Waals surface area contributed by atoms with Crippen LogP contribution in [0.5, 0.6) is 11.5 Å². The van der Waals surface area contributed by atoms with Crippen LogP contribution in [0.4, 0.5) is 8.78 Å². The molecular formula is C15H13Cl2F2NO. The molecule has 0 radical (unpaired) electrons. The highest BCUT2D eigenvalue weighted by atomic mass is 35.5. The largest absolute Gasteiger partial charge is 0.450 e. The van der Waals surface area contributed by atoms with Crippen molar-refractivity contribution >= 4 is 23.2 Å². The Balaban J connectivity index is 2.34. The molecule has 112 valence electrons. The standard InChI is InChI=1S/C15H13Cl2F2NO/c1-8(20)5-9-6-11(18)15(12(19)7-9)21-13-4-2-3-10(16)14(13)17/h2-4,6-8H,5,20H2,1H3. The van der Waals surface area contributed by atoms with Crippen molar-refractivity contribution in [3.8, 4) is 11.5 Å². The SMILES string of the molecule is CC(N)Cc1cc(F)c(Oc2cccc(Cl)c2Cl)c(F)c1. The molecule has 0 amide bonds. The van der Waals surface area contributed by atoms with Gasteiger partial charge in [0.1, 0.15) is 10.8 Å². The quantitative estimate of drug-likeness (QED) is 0.859. The molecule has 0 heterocycles. The second-order valence-electron chi connectivity index (χ2n) is 4.72. The van der Waals surface area contributed by atoms with Gasteiger partial charge < -0.3 is 10.5 Å². The lowest BCUT2D eigenvalue weighted by molar-refractivity contribution is 0.406. The topological polar surface area (TPSA) is 35.2 Å². The molecule has 2 nitrogen and oxygen atoms in total. The van der Waals surface area contributed by atoms with Crippen LogP contribution in [0.3, 0.4) is 0 Å². The highest BCUT2D eigenvalue weighted by Gasteiger charge is 2.16. The molecule has 2 aromatic rings. The molecule has 2 N–H and O–H groups in total. The Bertz CT molecular complexity index is 639. The molecule has 0 aliphatic rings. The van der Waals surface area contributed by atoms with Gasteiger partial charge in [-0.1, -0.05) is 29.3 Å². The molecule has 0 fully saturated rings. The minimum atomic E-state index is -0.818. The minimum Gasteiger partial charge on any atom is -0.450 e. The summed E-state index contributed by atoms with van der Waals surface area (Å²) >= 11 is 11.8. The van der Waals surface area contributed by atoms with Gasteiger partial charge in [0.05, 0.1) is 5.02 Å². The van der Waals surface area contributed by atoms with Gasteiger partial charge in [-0.25, -0.2) is 8.78 Å². The van der Waals surface area contributed by atoms with Gasteiger partial charge in [0.25, 0.3) is 0 Å². The van der Waals surface area contributed by atoms with E-state index in [0.29, 0.717) is 12.0 Å². The smallest absolute Gasteiger partial charge is 0.198 e. The van der Waals surface area contributed by atoms with E-state index in [9.17, 15) is 8.78 Å². The number of hydrogen-bond donors (Lipinski definition) is 1. The first kappa shape index (κ1) is 16.0. The van der Waals surface area contributed by atoms with E-state index in [1.165, 1.54) is 18.2 Å². The Hall–Kier alpha value is -1.36. The van der Waals surface area contributed by atoms with Crippen LogP contribution < -0.4 is 10.5 Å². The molecule has 2 rings (SSSR count).